The Bertz CT molecular complexity index is 574. The lowest BCUT2D eigenvalue weighted by Crippen LogP contribution is -2.51. The minimum atomic E-state index is -0.420. The third-order valence-electron chi connectivity index (χ3n) is 5.44. The number of carbonyl (C=O) groups is 2. The fraction of sp³-hybridized carbons (Fsp3) is 0.600. The molecule has 0 atom stereocenters. The third kappa shape index (κ3) is 5.05. The summed E-state index contributed by atoms with van der Waals surface area (Å²) < 4.78 is 0. The van der Waals surface area contributed by atoms with E-state index >= 15 is 0 Å². The molecule has 2 heterocycles. The van der Waals surface area contributed by atoms with Crippen molar-refractivity contribution in [3.05, 3.63) is 35.9 Å². The Hall–Kier alpha value is -1.88. The van der Waals surface area contributed by atoms with Crippen molar-refractivity contribution in [3.63, 3.8) is 0 Å². The van der Waals surface area contributed by atoms with Crippen LogP contribution in [0.3, 0.4) is 0 Å². The quantitative estimate of drug-likeness (QED) is 0.855. The highest BCUT2D eigenvalue weighted by Gasteiger charge is 2.28. The predicted molar refractivity (Wildman–Crippen MR) is 97.9 cm³/mol. The van der Waals surface area contributed by atoms with Crippen LogP contribution in [0.2, 0.25) is 0 Å². The molecule has 2 aliphatic rings. The number of likely N-dealkylation sites (tertiary alicyclic amines) is 2. The summed E-state index contributed by atoms with van der Waals surface area (Å²) in [6.07, 6.45) is 3.81. The summed E-state index contributed by atoms with van der Waals surface area (Å²) in [6, 6.07) is 10.6. The number of nitrogens with one attached hydrogen (secondary N) is 1. The zero-order valence-electron chi connectivity index (χ0n) is 15.1. The molecular formula is C20H29N3O2. The molecule has 2 saturated heterocycles. The Labute approximate surface area is 150 Å². The number of amides is 2. The first-order valence-electron chi connectivity index (χ1n) is 9.48. The van der Waals surface area contributed by atoms with Gasteiger partial charge in [0.2, 0.25) is 0 Å². The number of rotatable bonds is 3. The lowest BCUT2D eigenvalue weighted by atomic mass is 9.99. The van der Waals surface area contributed by atoms with Crippen molar-refractivity contribution in [2.45, 2.75) is 45.2 Å². The van der Waals surface area contributed by atoms with E-state index in [0.717, 1.165) is 45.3 Å². The van der Waals surface area contributed by atoms with Gasteiger partial charge in [0.05, 0.1) is 0 Å². The van der Waals surface area contributed by atoms with Crippen LogP contribution >= 0.6 is 0 Å². The van der Waals surface area contributed by atoms with E-state index in [1.165, 1.54) is 5.56 Å². The molecule has 0 aromatic heterocycles. The number of carbonyl (C=O) groups excluding carboxylic acids is 2. The second-order valence-electron chi connectivity index (χ2n) is 7.48. The van der Waals surface area contributed by atoms with E-state index in [2.05, 4.69) is 41.4 Å². The van der Waals surface area contributed by atoms with Crippen LogP contribution in [0.5, 0.6) is 0 Å². The SMILES string of the molecule is CC1CCN(C(=O)C(=O)NC2CCN(Cc3ccccc3)CC2)CC1. The molecule has 136 valence electrons. The fourth-order valence-electron chi connectivity index (χ4n) is 3.68. The van der Waals surface area contributed by atoms with Gasteiger partial charge in [-0.15, -0.1) is 0 Å². The molecule has 1 aromatic rings. The summed E-state index contributed by atoms with van der Waals surface area (Å²) in [5.41, 5.74) is 1.32. The van der Waals surface area contributed by atoms with Gasteiger partial charge in [0.15, 0.2) is 0 Å². The van der Waals surface area contributed by atoms with Crippen molar-refractivity contribution in [1.29, 1.82) is 0 Å². The van der Waals surface area contributed by atoms with Crippen molar-refractivity contribution in [2.75, 3.05) is 26.2 Å². The zero-order chi connectivity index (χ0) is 17.6. The molecule has 5 nitrogen and oxygen atoms in total. The monoisotopic (exact) mass is 343 g/mol. The minimum Gasteiger partial charge on any atom is -0.345 e. The molecule has 25 heavy (non-hydrogen) atoms. The van der Waals surface area contributed by atoms with Gasteiger partial charge in [-0.25, -0.2) is 0 Å². The molecule has 0 saturated carbocycles. The average Bonchev–Trinajstić information content (AvgIpc) is 2.64. The number of hydrogen-bond acceptors (Lipinski definition) is 3. The summed E-state index contributed by atoms with van der Waals surface area (Å²) in [7, 11) is 0. The maximum absolute atomic E-state index is 12.3. The molecule has 3 rings (SSSR count). The molecule has 1 aromatic carbocycles. The van der Waals surface area contributed by atoms with Gasteiger partial charge in [-0.05, 0) is 37.2 Å². The average molecular weight is 343 g/mol. The van der Waals surface area contributed by atoms with E-state index in [0.29, 0.717) is 19.0 Å². The van der Waals surface area contributed by atoms with Crippen molar-refractivity contribution >= 4 is 11.8 Å². The van der Waals surface area contributed by atoms with E-state index in [4.69, 9.17) is 0 Å². The molecule has 0 aliphatic carbocycles. The Morgan fingerprint density at radius 1 is 1.00 bits per heavy atom. The van der Waals surface area contributed by atoms with Gasteiger partial charge < -0.3 is 10.2 Å². The maximum Gasteiger partial charge on any atom is 0.311 e. The second-order valence-corrected chi connectivity index (χ2v) is 7.48. The second kappa shape index (κ2) is 8.48. The molecule has 2 amide bonds. The standard InChI is InChI=1S/C20H29N3O2/c1-16-7-13-23(14-8-16)20(25)19(24)21-18-9-11-22(12-10-18)15-17-5-3-2-4-6-17/h2-6,16,18H,7-15H2,1H3,(H,21,24). The summed E-state index contributed by atoms with van der Waals surface area (Å²) in [5.74, 6) is -0.115. The highest BCUT2D eigenvalue weighted by molar-refractivity contribution is 6.35. The number of nitrogens with zero attached hydrogens (tertiary/aromatic N) is 2. The highest BCUT2D eigenvalue weighted by Crippen LogP contribution is 2.17. The van der Waals surface area contributed by atoms with Crippen molar-refractivity contribution in [2.24, 2.45) is 5.92 Å². The molecule has 0 unspecified atom stereocenters. The van der Waals surface area contributed by atoms with Crippen LogP contribution in [0.25, 0.3) is 0 Å². The summed E-state index contributed by atoms with van der Waals surface area (Å²) in [4.78, 5) is 28.7. The van der Waals surface area contributed by atoms with E-state index in [-0.39, 0.29) is 11.9 Å². The summed E-state index contributed by atoms with van der Waals surface area (Å²) in [5, 5.41) is 2.95. The molecule has 0 spiro atoms. The highest BCUT2D eigenvalue weighted by atomic mass is 16.2. The van der Waals surface area contributed by atoms with Crippen molar-refractivity contribution < 1.29 is 9.59 Å². The largest absolute Gasteiger partial charge is 0.345 e. The maximum atomic E-state index is 12.3. The van der Waals surface area contributed by atoms with Crippen LogP contribution in [0, 0.1) is 5.92 Å². The van der Waals surface area contributed by atoms with Gasteiger partial charge in [0.25, 0.3) is 0 Å². The van der Waals surface area contributed by atoms with Crippen LogP contribution in [0.1, 0.15) is 38.2 Å². The Morgan fingerprint density at radius 2 is 1.64 bits per heavy atom. The molecule has 1 N–H and O–H groups in total. The molecule has 5 heteroatoms. The number of benzene rings is 1. The Kier molecular flexibility index (Phi) is 6.08. The van der Waals surface area contributed by atoms with Gasteiger partial charge in [-0.3, -0.25) is 14.5 Å². The first-order valence-corrected chi connectivity index (χ1v) is 9.48. The summed E-state index contributed by atoms with van der Waals surface area (Å²) in [6.45, 7) is 6.48. The number of piperidine rings is 2. The van der Waals surface area contributed by atoms with Gasteiger partial charge >= 0.3 is 11.8 Å². The predicted octanol–water partition coefficient (Wildman–Crippen LogP) is 2.03. The van der Waals surface area contributed by atoms with E-state index < -0.39 is 5.91 Å². The molecule has 0 bridgehead atoms. The smallest absolute Gasteiger partial charge is 0.311 e. The van der Waals surface area contributed by atoms with Crippen molar-refractivity contribution in [3.8, 4) is 0 Å². The molecule has 2 aliphatic heterocycles. The van der Waals surface area contributed by atoms with Gasteiger partial charge in [-0.1, -0.05) is 37.3 Å². The van der Waals surface area contributed by atoms with Crippen LogP contribution in [-0.4, -0.2) is 53.8 Å². The van der Waals surface area contributed by atoms with Crippen molar-refractivity contribution in [1.82, 2.24) is 15.1 Å². The van der Waals surface area contributed by atoms with E-state index in [1.807, 2.05) is 6.07 Å². The first kappa shape index (κ1) is 17.9. The first-order chi connectivity index (χ1) is 12.1. The van der Waals surface area contributed by atoms with Gasteiger partial charge in [0, 0.05) is 38.8 Å². The Balaban J connectivity index is 1.41. The Morgan fingerprint density at radius 3 is 2.28 bits per heavy atom. The van der Waals surface area contributed by atoms with Gasteiger partial charge in [0.1, 0.15) is 0 Å². The van der Waals surface area contributed by atoms with Crippen LogP contribution in [-0.2, 0) is 16.1 Å². The number of hydrogen-bond donors (Lipinski definition) is 1. The van der Waals surface area contributed by atoms with Crippen LogP contribution in [0.15, 0.2) is 30.3 Å². The molecule has 0 radical (unpaired) electrons. The topological polar surface area (TPSA) is 52.7 Å². The molecule has 2 fully saturated rings. The zero-order valence-corrected chi connectivity index (χ0v) is 15.1. The minimum absolute atomic E-state index is 0.118. The third-order valence-corrected chi connectivity index (χ3v) is 5.44. The van der Waals surface area contributed by atoms with E-state index in [9.17, 15) is 9.59 Å². The van der Waals surface area contributed by atoms with Gasteiger partial charge in [-0.2, -0.15) is 0 Å². The van der Waals surface area contributed by atoms with E-state index in [1.54, 1.807) is 4.90 Å². The summed E-state index contributed by atoms with van der Waals surface area (Å²) >= 11 is 0. The van der Waals surface area contributed by atoms with Crippen LogP contribution < -0.4 is 5.32 Å². The fourth-order valence-corrected chi connectivity index (χ4v) is 3.68. The lowest BCUT2D eigenvalue weighted by molar-refractivity contribution is -0.147. The molecular weight excluding hydrogens is 314 g/mol. The lowest BCUT2D eigenvalue weighted by Gasteiger charge is -2.33. The van der Waals surface area contributed by atoms with Crippen LogP contribution in [0.4, 0.5) is 0 Å². The normalized spacial score (nSPS) is 20.4.